The van der Waals surface area contributed by atoms with Gasteiger partial charge in [0, 0.05) is 10.1 Å². The van der Waals surface area contributed by atoms with Crippen LogP contribution in [-0.4, -0.2) is 12.6 Å². The first kappa shape index (κ1) is 15.1. The number of carbonyl (C=O) groups excluding carboxylic acids is 1. The molecule has 5 nitrogen and oxygen atoms in total. The number of benzene rings is 1. The molecule has 21 heavy (non-hydrogen) atoms. The number of carbonyl (C=O) groups is 1. The number of fused-ring (bicyclic) bond motifs is 1. The predicted octanol–water partition coefficient (Wildman–Crippen LogP) is 2.98. The second kappa shape index (κ2) is 5.62. The van der Waals surface area contributed by atoms with E-state index in [-0.39, 0.29) is 6.61 Å². The van der Waals surface area contributed by atoms with Crippen molar-refractivity contribution in [3.05, 3.63) is 21.6 Å². The molecule has 1 heterocycles. The molecular formula is C15H17N3O2S. The fraction of sp³-hybridized carbons (Fsp3) is 0.333. The van der Waals surface area contributed by atoms with E-state index < -0.39 is 5.97 Å². The lowest BCUT2D eigenvalue weighted by Crippen LogP contribution is -2.05. The molecule has 0 unspecified atom stereocenters. The van der Waals surface area contributed by atoms with Crippen molar-refractivity contribution in [2.24, 2.45) is 0 Å². The fourth-order valence-corrected chi connectivity index (χ4v) is 3.66. The van der Waals surface area contributed by atoms with Gasteiger partial charge in [0.1, 0.15) is 10.9 Å². The molecule has 0 amide bonds. The van der Waals surface area contributed by atoms with Crippen molar-refractivity contribution in [3.63, 3.8) is 0 Å². The van der Waals surface area contributed by atoms with Gasteiger partial charge < -0.3 is 16.2 Å². The van der Waals surface area contributed by atoms with Gasteiger partial charge in [-0.05, 0) is 31.4 Å². The smallest absolute Gasteiger partial charge is 0.350 e. The van der Waals surface area contributed by atoms with E-state index in [0.29, 0.717) is 33.6 Å². The Balaban J connectivity index is 2.87. The monoisotopic (exact) mass is 303 g/mol. The summed E-state index contributed by atoms with van der Waals surface area (Å²) >= 11 is 1.27. The van der Waals surface area contributed by atoms with Gasteiger partial charge in [-0.3, -0.25) is 0 Å². The van der Waals surface area contributed by atoms with Crippen LogP contribution in [0.2, 0.25) is 0 Å². The normalized spacial score (nSPS) is 10.6. The maximum atomic E-state index is 12.0. The van der Waals surface area contributed by atoms with Crippen molar-refractivity contribution < 1.29 is 9.53 Å². The third-order valence-corrected chi connectivity index (χ3v) is 4.81. The lowest BCUT2D eigenvalue weighted by atomic mass is 9.95. The molecule has 0 bridgehead atoms. The van der Waals surface area contributed by atoms with Crippen LogP contribution in [0.15, 0.2) is 0 Å². The number of esters is 1. The van der Waals surface area contributed by atoms with Gasteiger partial charge in [0.2, 0.25) is 0 Å². The molecule has 0 aliphatic heterocycles. The second-order valence-electron chi connectivity index (χ2n) is 4.63. The number of thiophene rings is 1. The highest BCUT2D eigenvalue weighted by Crippen LogP contribution is 2.43. The first-order valence-corrected chi connectivity index (χ1v) is 7.49. The number of nitrogens with two attached hydrogens (primary N) is 2. The molecular weight excluding hydrogens is 286 g/mol. The molecule has 110 valence electrons. The first-order valence-electron chi connectivity index (χ1n) is 6.67. The van der Waals surface area contributed by atoms with Crippen molar-refractivity contribution >= 4 is 38.8 Å². The van der Waals surface area contributed by atoms with Gasteiger partial charge in [0.25, 0.3) is 0 Å². The molecule has 0 aliphatic carbocycles. The Morgan fingerprint density at radius 2 is 2.00 bits per heavy atom. The van der Waals surface area contributed by atoms with Crippen LogP contribution in [0.4, 0.5) is 11.4 Å². The molecule has 2 aromatic rings. The van der Waals surface area contributed by atoms with Gasteiger partial charge in [-0.1, -0.05) is 6.92 Å². The Labute approximate surface area is 127 Å². The molecule has 0 atom stereocenters. The number of nitriles is 1. The van der Waals surface area contributed by atoms with Crippen molar-refractivity contribution in [1.82, 2.24) is 0 Å². The fourth-order valence-electron chi connectivity index (χ4n) is 2.51. The van der Waals surface area contributed by atoms with Crippen LogP contribution in [0.3, 0.4) is 0 Å². The minimum absolute atomic E-state index is 0.282. The van der Waals surface area contributed by atoms with E-state index in [4.69, 9.17) is 16.2 Å². The van der Waals surface area contributed by atoms with Crippen molar-refractivity contribution in [2.45, 2.75) is 27.2 Å². The number of anilines is 2. The SMILES string of the molecule is CCOC(=O)c1sc2c(C)c(CC)c(C#N)c(N)c2c1N. The molecule has 1 aromatic heterocycles. The van der Waals surface area contributed by atoms with Crippen molar-refractivity contribution in [1.29, 1.82) is 5.26 Å². The van der Waals surface area contributed by atoms with E-state index in [1.54, 1.807) is 6.92 Å². The van der Waals surface area contributed by atoms with Gasteiger partial charge >= 0.3 is 5.97 Å². The molecule has 0 saturated carbocycles. The lowest BCUT2D eigenvalue weighted by molar-refractivity contribution is 0.0533. The summed E-state index contributed by atoms with van der Waals surface area (Å²) in [6.07, 6.45) is 0.696. The molecule has 2 rings (SSSR count). The minimum atomic E-state index is -0.452. The molecule has 4 N–H and O–H groups in total. The number of aryl methyl sites for hydroxylation is 1. The van der Waals surface area contributed by atoms with E-state index in [2.05, 4.69) is 6.07 Å². The number of rotatable bonds is 3. The zero-order valence-corrected chi connectivity index (χ0v) is 13.1. The summed E-state index contributed by atoms with van der Waals surface area (Å²) in [7, 11) is 0. The van der Waals surface area contributed by atoms with Gasteiger partial charge in [-0.15, -0.1) is 11.3 Å². The summed E-state index contributed by atoms with van der Waals surface area (Å²) in [5.74, 6) is -0.452. The topological polar surface area (TPSA) is 102 Å². The largest absolute Gasteiger partial charge is 0.462 e. The van der Waals surface area contributed by atoms with E-state index in [1.165, 1.54) is 11.3 Å². The summed E-state index contributed by atoms with van der Waals surface area (Å²) in [6, 6.07) is 2.15. The maximum absolute atomic E-state index is 12.0. The molecule has 0 spiro atoms. The van der Waals surface area contributed by atoms with Crippen molar-refractivity contribution in [3.8, 4) is 6.07 Å². The Bertz CT molecular complexity index is 772. The second-order valence-corrected chi connectivity index (χ2v) is 5.65. The van der Waals surface area contributed by atoms with Crippen molar-refractivity contribution in [2.75, 3.05) is 18.1 Å². The highest BCUT2D eigenvalue weighted by Gasteiger charge is 2.24. The Hall–Kier alpha value is -2.26. The Morgan fingerprint density at radius 3 is 2.52 bits per heavy atom. The summed E-state index contributed by atoms with van der Waals surface area (Å²) in [5.41, 5.74) is 15.1. The highest BCUT2D eigenvalue weighted by molar-refractivity contribution is 7.21. The molecule has 1 aromatic carbocycles. The van der Waals surface area contributed by atoms with Crippen LogP contribution in [0.1, 0.15) is 40.2 Å². The third kappa shape index (κ3) is 2.20. The van der Waals surface area contributed by atoms with Crippen LogP contribution in [0.5, 0.6) is 0 Å². The quantitative estimate of drug-likeness (QED) is 0.670. The number of ether oxygens (including phenoxy) is 1. The van der Waals surface area contributed by atoms with E-state index in [9.17, 15) is 10.1 Å². The van der Waals surface area contributed by atoms with Gasteiger partial charge in [-0.2, -0.15) is 5.26 Å². The zero-order chi connectivity index (χ0) is 15.7. The van der Waals surface area contributed by atoms with Gasteiger partial charge in [-0.25, -0.2) is 4.79 Å². The number of nitrogens with zero attached hydrogens (tertiary/aromatic N) is 1. The lowest BCUT2D eigenvalue weighted by Gasteiger charge is -2.11. The van der Waals surface area contributed by atoms with E-state index in [0.717, 1.165) is 15.8 Å². The maximum Gasteiger partial charge on any atom is 0.350 e. The summed E-state index contributed by atoms with van der Waals surface area (Å²) < 4.78 is 5.87. The van der Waals surface area contributed by atoms with Crippen LogP contribution in [0.25, 0.3) is 10.1 Å². The molecule has 0 saturated heterocycles. The first-order chi connectivity index (χ1) is 9.97. The highest BCUT2D eigenvalue weighted by atomic mass is 32.1. The van der Waals surface area contributed by atoms with Crippen LogP contribution >= 0.6 is 11.3 Å². The van der Waals surface area contributed by atoms with Crippen LogP contribution in [0, 0.1) is 18.3 Å². The third-order valence-electron chi connectivity index (χ3n) is 3.51. The van der Waals surface area contributed by atoms with E-state index in [1.807, 2.05) is 13.8 Å². The number of hydrogen-bond acceptors (Lipinski definition) is 6. The standard InChI is InChI=1S/C15H17N3O2S/c1-4-8-7(3)13-10(11(17)9(8)6-16)12(18)14(21-13)15(19)20-5-2/h4-5,17-18H2,1-3H3. The minimum Gasteiger partial charge on any atom is -0.462 e. The molecule has 0 aliphatic rings. The average molecular weight is 303 g/mol. The Kier molecular flexibility index (Phi) is 4.05. The van der Waals surface area contributed by atoms with Crippen LogP contribution < -0.4 is 11.5 Å². The summed E-state index contributed by atoms with van der Waals surface area (Å²) in [5, 5.41) is 9.94. The Morgan fingerprint density at radius 1 is 1.33 bits per heavy atom. The molecule has 0 fully saturated rings. The summed E-state index contributed by atoms with van der Waals surface area (Å²) in [4.78, 5) is 12.3. The summed E-state index contributed by atoms with van der Waals surface area (Å²) in [6.45, 7) is 5.92. The van der Waals surface area contributed by atoms with Crippen LogP contribution in [-0.2, 0) is 11.2 Å². The molecule has 0 radical (unpaired) electrons. The molecule has 6 heteroatoms. The zero-order valence-electron chi connectivity index (χ0n) is 12.2. The number of hydrogen-bond donors (Lipinski definition) is 2. The average Bonchev–Trinajstić information content (AvgIpc) is 2.81. The predicted molar refractivity (Wildman–Crippen MR) is 85.4 cm³/mol. The van der Waals surface area contributed by atoms with E-state index >= 15 is 0 Å². The number of nitrogen functional groups attached to an aromatic ring is 2. The van der Waals surface area contributed by atoms with Gasteiger partial charge in [0.15, 0.2) is 0 Å². The van der Waals surface area contributed by atoms with Gasteiger partial charge in [0.05, 0.1) is 23.5 Å².